The van der Waals surface area contributed by atoms with E-state index in [0.29, 0.717) is 0 Å². The van der Waals surface area contributed by atoms with E-state index in [1.165, 1.54) is 32.8 Å². The number of carboxylic acids is 1. The second kappa shape index (κ2) is 37.6. The SMILES string of the molecule is Br.Brc1ccc2c3ccccc3n(-c3ccccn3)c2c1.Brc1ccncc1Br.CC(=O)O.COc1ccc2c3ccncc3n3c4ccccc4nc3c2c1.Cc1cccc(-c2nc3ccccc3[nH]2)c1.O=c1ccc2c3cc[nH]cc3n3c4ccccc4nc3c2c1.c1ccc(-n2c3ccccc3c3ccc(Oc4ccc5c6ccncc6n6c7ccccc7nc6c5c4)cc32)nc1. The maximum absolute atomic E-state index is 11.8. The van der Waals surface area contributed by atoms with Crippen LogP contribution in [0, 0.1) is 6.92 Å². The smallest absolute Gasteiger partial charge is 0.300 e. The summed E-state index contributed by atoms with van der Waals surface area (Å²) in [7, 11) is 1.69. The van der Waals surface area contributed by atoms with Gasteiger partial charge in [-0.2, -0.15) is 0 Å². The van der Waals surface area contributed by atoms with Gasteiger partial charge >= 0.3 is 0 Å². The molecule has 21 nitrogen and oxygen atoms in total. The fourth-order valence-corrected chi connectivity index (χ4v) is 18.4. The van der Waals surface area contributed by atoms with Gasteiger partial charge in [0.05, 0.1) is 107 Å². The lowest BCUT2D eigenvalue weighted by atomic mass is 10.1. The molecule has 15 aromatic heterocycles. The molecule has 0 atom stereocenters. The van der Waals surface area contributed by atoms with Gasteiger partial charge in [0.25, 0.3) is 5.97 Å². The van der Waals surface area contributed by atoms with Crippen LogP contribution in [0.2, 0.25) is 0 Å². The number of carbonyl (C=O) groups is 1. The van der Waals surface area contributed by atoms with Crippen LogP contribution >= 0.6 is 64.8 Å². The summed E-state index contributed by atoms with van der Waals surface area (Å²) in [6.45, 7) is 3.17. The molecule has 15 heterocycles. The van der Waals surface area contributed by atoms with Crippen molar-refractivity contribution in [2.24, 2.45) is 0 Å². The molecule has 3 N–H and O–H groups in total. The van der Waals surface area contributed by atoms with E-state index in [9.17, 15) is 4.79 Å². The van der Waals surface area contributed by atoms with Gasteiger partial charge in [0.2, 0.25) is 0 Å². The molecule has 0 fully saturated rings. The molecule has 135 heavy (non-hydrogen) atoms. The maximum atomic E-state index is 11.8. The second-order valence-corrected chi connectivity index (χ2v) is 34.3. The summed E-state index contributed by atoms with van der Waals surface area (Å²) in [4.78, 5) is 68.2. The number of methoxy groups -OCH3 is 1. The molecule has 0 aliphatic heterocycles. The first kappa shape index (κ1) is 86.8. The summed E-state index contributed by atoms with van der Waals surface area (Å²) >= 11 is 10.2. The molecule has 0 unspecified atom stereocenters. The van der Waals surface area contributed by atoms with Crippen LogP contribution < -0.4 is 14.9 Å². The molecular formula is C110H76Br4N16O5. The lowest BCUT2D eigenvalue weighted by Crippen LogP contribution is -1.98. The Balaban J connectivity index is 0.000000105. The zero-order valence-corrected chi connectivity index (χ0v) is 78.7. The Bertz CT molecular complexity index is 9250. The van der Waals surface area contributed by atoms with Crippen LogP contribution in [-0.2, 0) is 4.79 Å². The first-order valence-electron chi connectivity index (χ1n) is 42.9. The van der Waals surface area contributed by atoms with E-state index in [0.717, 1.165) is 203 Å². The van der Waals surface area contributed by atoms with Gasteiger partial charge in [-0.25, -0.2) is 29.9 Å². The monoisotopic (exact) mass is 2020 g/mol. The fraction of sp³-hybridized carbons (Fsp3) is 0.0273. The fourth-order valence-electron chi connectivity index (χ4n) is 17.6. The molecule has 0 bridgehead atoms. The topological polar surface area (TPSA) is 244 Å². The molecule has 27 rings (SSSR count). The Labute approximate surface area is 804 Å². The van der Waals surface area contributed by atoms with Crippen LogP contribution in [0.1, 0.15) is 12.5 Å². The largest absolute Gasteiger partial charge is 0.497 e. The molecule has 0 aliphatic rings. The highest BCUT2D eigenvalue weighted by Gasteiger charge is 2.21. The number of nitrogens with one attached hydrogen (secondary N) is 2. The van der Waals surface area contributed by atoms with Crippen molar-refractivity contribution in [2.45, 2.75) is 13.8 Å². The van der Waals surface area contributed by atoms with Gasteiger partial charge in [-0.1, -0.05) is 143 Å². The number of aliphatic carboxylic acids is 1. The Hall–Kier alpha value is -16.2. The quantitative estimate of drug-likeness (QED) is 0.131. The maximum Gasteiger partial charge on any atom is 0.300 e. The predicted molar refractivity (Wildman–Crippen MR) is 560 cm³/mol. The summed E-state index contributed by atoms with van der Waals surface area (Å²) < 4.78 is 25.9. The first-order valence-corrected chi connectivity index (χ1v) is 45.3. The van der Waals surface area contributed by atoms with Crippen molar-refractivity contribution in [2.75, 3.05) is 7.11 Å². The summed E-state index contributed by atoms with van der Waals surface area (Å²) in [5, 5.41) is 22.0. The van der Waals surface area contributed by atoms with Crippen molar-refractivity contribution < 1.29 is 19.4 Å². The van der Waals surface area contributed by atoms with E-state index < -0.39 is 5.97 Å². The van der Waals surface area contributed by atoms with Crippen LogP contribution in [0.5, 0.6) is 17.2 Å². The number of hydrogen-bond donors (Lipinski definition) is 3. The number of imidazole rings is 4. The number of H-pyrrole nitrogens is 2. The normalized spacial score (nSPS) is 11.2. The molecule has 0 saturated carbocycles. The average Bonchev–Trinajstić information content (AvgIpc) is 1.62. The van der Waals surface area contributed by atoms with Gasteiger partial charge in [0.15, 0.2) is 5.43 Å². The number of pyridine rings is 9. The third-order valence-corrected chi connectivity index (χ3v) is 25.7. The number of halogens is 4. The first-order chi connectivity index (χ1) is 65.7. The molecule has 12 aromatic carbocycles. The zero-order chi connectivity index (χ0) is 91.0. The van der Waals surface area contributed by atoms with Crippen molar-refractivity contribution in [3.8, 4) is 40.3 Å². The highest BCUT2D eigenvalue weighted by Crippen LogP contribution is 2.41. The van der Waals surface area contributed by atoms with E-state index in [-0.39, 0.29) is 22.4 Å². The molecule has 0 radical (unpaired) electrons. The van der Waals surface area contributed by atoms with E-state index in [2.05, 4.69) is 275 Å². The molecule has 0 aliphatic carbocycles. The Morgan fingerprint density at radius 3 is 1.34 bits per heavy atom. The minimum absolute atomic E-state index is 0. The highest BCUT2D eigenvalue weighted by molar-refractivity contribution is 9.13. The molecule has 0 saturated heterocycles. The van der Waals surface area contributed by atoms with Crippen LogP contribution in [0.3, 0.4) is 0 Å². The number of para-hydroxylation sites is 10. The number of benzene rings is 12. The molecule has 0 spiro atoms. The third kappa shape index (κ3) is 16.8. The molecule has 27 aromatic rings. The standard InChI is InChI=1S/C35H21N5O.C19H13N3O.C18H11N3O.C17H11BrN2.C14H12N2.C5H3Br2N.C2H4O2.BrH/c1-3-9-30-25(7-1)26-15-13-23(20-32(26)39(30)34-11-5-6-17-37-34)41-22-12-14-24-27-16-18-36-21-33(27)40-31-10-4-2-8-29(31)38-35(40)28(24)19-22;1-23-12-6-7-13-14-8-9-20-11-18(14)22-17-5-3-2-4-16(17)21-19(22)15(13)10-12;22-11-5-6-12-13-7-8-19-10-17(13)21-16-4-2-1-3-15(16)20-18(21)14(12)9-11;18-12-8-9-14-13-5-1-2-6-15(13)20(16(14)11-12)17-7-3-4-10-19-17;1-10-5-4-6-11(9-10)14-15-12-7-2-3-8-13(12)16-14;6-4-1-2-8-3-5(4)7;1-2(3)4;/h1-21H;2-11H,1H3;1-10,19H;1-11H;2-9H,1H3,(H,15,16);1-3H;1H3,(H,3,4);1H. The van der Waals surface area contributed by atoms with Gasteiger partial charge in [-0.05, 0) is 249 Å². The minimum Gasteiger partial charge on any atom is -0.497 e. The molecule has 25 heteroatoms. The van der Waals surface area contributed by atoms with Gasteiger partial charge in [0, 0.05) is 131 Å². The number of aromatic amines is 2. The lowest BCUT2D eigenvalue weighted by molar-refractivity contribution is -0.134. The van der Waals surface area contributed by atoms with Crippen molar-refractivity contribution in [3.63, 3.8) is 0 Å². The van der Waals surface area contributed by atoms with Crippen LogP contribution in [0.25, 0.3) is 193 Å². The van der Waals surface area contributed by atoms with E-state index in [4.69, 9.17) is 34.3 Å². The van der Waals surface area contributed by atoms with Gasteiger partial charge in [-0.15, -0.1) is 17.0 Å². The van der Waals surface area contributed by atoms with Crippen molar-refractivity contribution in [1.29, 1.82) is 0 Å². The average molecular weight is 2020 g/mol. The number of ether oxygens (including phenoxy) is 2. The van der Waals surface area contributed by atoms with E-state index in [1.807, 2.05) is 201 Å². The van der Waals surface area contributed by atoms with Gasteiger partial charge < -0.3 is 24.5 Å². The van der Waals surface area contributed by atoms with Gasteiger partial charge in [0.1, 0.15) is 51.7 Å². The third-order valence-electron chi connectivity index (χ3n) is 23.3. The highest BCUT2D eigenvalue weighted by atomic mass is 79.9. The Morgan fingerprint density at radius 2 is 0.807 bits per heavy atom. The van der Waals surface area contributed by atoms with Gasteiger partial charge in [-0.3, -0.25) is 46.9 Å². The minimum atomic E-state index is -0.833. The van der Waals surface area contributed by atoms with Crippen molar-refractivity contribution in [3.05, 3.63) is 413 Å². The number of fused-ring (bicyclic) bond motifs is 31. The molecule has 654 valence electrons. The lowest BCUT2D eigenvalue weighted by Gasteiger charge is -2.12. The number of nitrogens with zero attached hydrogens (tertiary/aromatic N) is 14. The van der Waals surface area contributed by atoms with Crippen LogP contribution in [-0.4, -0.2) is 95.3 Å². The number of rotatable bonds is 6. The van der Waals surface area contributed by atoms with E-state index >= 15 is 0 Å². The van der Waals surface area contributed by atoms with Crippen molar-refractivity contribution in [1.82, 2.24) is 77.2 Å². The van der Waals surface area contributed by atoms with Crippen LogP contribution in [0.15, 0.2) is 402 Å². The molecule has 0 amide bonds. The Morgan fingerprint density at radius 1 is 0.363 bits per heavy atom. The summed E-state index contributed by atoms with van der Waals surface area (Å²) in [6.07, 6.45) is 18.5. The zero-order valence-electron chi connectivity index (χ0n) is 72.3. The second-order valence-electron chi connectivity index (χ2n) is 31.6. The number of carboxylic acid groups (broad SMARTS) is 1. The Kier molecular flexibility index (Phi) is 24.2. The predicted octanol–water partition coefficient (Wildman–Crippen LogP) is 27.9. The number of hydrogen-bond acceptors (Lipinski definition) is 13. The van der Waals surface area contributed by atoms with Crippen molar-refractivity contribution >= 4 is 240 Å². The van der Waals surface area contributed by atoms with E-state index in [1.54, 1.807) is 31.6 Å². The summed E-state index contributed by atoms with van der Waals surface area (Å²) in [6, 6.07) is 108. The van der Waals surface area contributed by atoms with Crippen LogP contribution in [0.4, 0.5) is 0 Å². The molecular weight excluding hydrogens is 1940 g/mol. The summed E-state index contributed by atoms with van der Waals surface area (Å²) in [5.41, 5.74) is 20.8. The summed E-state index contributed by atoms with van der Waals surface area (Å²) in [5.74, 6) is 4.25. The number of aromatic nitrogens is 16. The number of aryl methyl sites for hydroxylation is 1.